The Kier molecular flexibility index (Phi) is 4.94. The van der Waals surface area contributed by atoms with Gasteiger partial charge < -0.3 is 5.32 Å². The average Bonchev–Trinajstić information content (AvgIpc) is 3.25. The Balaban J connectivity index is 1.64. The van der Waals surface area contributed by atoms with Gasteiger partial charge in [0.15, 0.2) is 5.78 Å². The molecule has 1 aromatic carbocycles. The summed E-state index contributed by atoms with van der Waals surface area (Å²) in [7, 11) is 0. The van der Waals surface area contributed by atoms with Gasteiger partial charge in [-0.05, 0) is 40.9 Å². The number of hydrogen-bond acceptors (Lipinski definition) is 6. The van der Waals surface area contributed by atoms with Crippen molar-refractivity contribution in [3.63, 3.8) is 0 Å². The molecule has 26 heavy (non-hydrogen) atoms. The van der Waals surface area contributed by atoms with Crippen molar-refractivity contribution < 1.29 is 9.59 Å². The Hall–Kier alpha value is -2.87. The first-order chi connectivity index (χ1) is 12.3. The van der Waals surface area contributed by atoms with E-state index >= 15 is 0 Å². The van der Waals surface area contributed by atoms with Crippen LogP contribution in [0.15, 0.2) is 41.8 Å². The maximum atomic E-state index is 12.4. The number of Topliss-reactive ketones (excluding diaryl/α,β-unsaturated/α-hetero) is 1. The molecule has 0 radical (unpaired) electrons. The van der Waals surface area contributed by atoms with Gasteiger partial charge >= 0.3 is 0 Å². The molecule has 0 spiro atoms. The molecular weight excluding hydrogens is 350 g/mol. The van der Waals surface area contributed by atoms with Gasteiger partial charge in [0, 0.05) is 16.7 Å². The van der Waals surface area contributed by atoms with Crippen molar-refractivity contribution in [1.29, 1.82) is 0 Å². The van der Waals surface area contributed by atoms with E-state index in [-0.39, 0.29) is 18.2 Å². The van der Waals surface area contributed by atoms with E-state index in [0.29, 0.717) is 17.1 Å². The zero-order valence-corrected chi connectivity index (χ0v) is 15.6. The molecule has 7 nitrogen and oxygen atoms in total. The number of nitrogens with one attached hydrogen (secondary N) is 1. The molecule has 3 aromatic rings. The van der Waals surface area contributed by atoms with Gasteiger partial charge in [-0.3, -0.25) is 9.59 Å². The molecule has 0 aliphatic rings. The van der Waals surface area contributed by atoms with Gasteiger partial charge in [-0.1, -0.05) is 26.8 Å². The van der Waals surface area contributed by atoms with Gasteiger partial charge in [-0.25, -0.2) is 0 Å². The van der Waals surface area contributed by atoms with E-state index in [1.807, 2.05) is 38.3 Å². The number of ketones is 1. The molecule has 2 heterocycles. The monoisotopic (exact) mass is 369 g/mol. The van der Waals surface area contributed by atoms with Crippen LogP contribution < -0.4 is 5.32 Å². The number of aromatic nitrogens is 4. The summed E-state index contributed by atoms with van der Waals surface area (Å²) in [6, 6.07) is 10.6. The summed E-state index contributed by atoms with van der Waals surface area (Å²) in [6.45, 7) is 5.54. The Morgan fingerprint density at radius 2 is 1.88 bits per heavy atom. The fourth-order valence-corrected chi connectivity index (χ4v) is 2.74. The number of hydrogen-bond donors (Lipinski definition) is 1. The molecule has 0 saturated carbocycles. The largest absolute Gasteiger partial charge is 0.326 e. The number of amides is 1. The van der Waals surface area contributed by atoms with Gasteiger partial charge in [0.05, 0.1) is 4.88 Å². The maximum Gasteiger partial charge on any atom is 0.229 e. The lowest BCUT2D eigenvalue weighted by Gasteiger charge is -2.17. The molecular formula is C18H19N5O2S. The zero-order chi connectivity index (χ0) is 18.7. The molecule has 1 amide bonds. The lowest BCUT2D eigenvalue weighted by molar-refractivity contribution is -0.123. The second kappa shape index (κ2) is 7.17. The SMILES string of the molecule is CC(C)(C)C(=O)Nc1ccc(C(=O)Cn2nnc(-c3cccs3)n2)cc1. The second-order valence-electron chi connectivity index (χ2n) is 6.83. The summed E-state index contributed by atoms with van der Waals surface area (Å²) in [5.74, 6) is 0.298. The van der Waals surface area contributed by atoms with Crippen LogP contribution >= 0.6 is 11.3 Å². The summed E-state index contributed by atoms with van der Waals surface area (Å²) in [6.07, 6.45) is 0. The molecule has 2 aromatic heterocycles. The molecule has 8 heteroatoms. The minimum atomic E-state index is -0.479. The van der Waals surface area contributed by atoms with E-state index in [9.17, 15) is 9.59 Å². The van der Waals surface area contributed by atoms with Crippen LogP contribution in [0, 0.1) is 5.41 Å². The quantitative estimate of drug-likeness (QED) is 0.697. The van der Waals surface area contributed by atoms with E-state index in [2.05, 4.69) is 20.7 Å². The number of carbonyl (C=O) groups is 2. The lowest BCUT2D eigenvalue weighted by atomic mass is 9.95. The molecule has 0 atom stereocenters. The number of benzene rings is 1. The molecule has 3 rings (SSSR count). The maximum absolute atomic E-state index is 12.4. The van der Waals surface area contributed by atoms with Gasteiger partial charge in [0.2, 0.25) is 11.7 Å². The fraction of sp³-hybridized carbons (Fsp3) is 0.278. The predicted molar refractivity (Wildman–Crippen MR) is 100.0 cm³/mol. The van der Waals surface area contributed by atoms with Crippen molar-refractivity contribution in [1.82, 2.24) is 20.2 Å². The first kappa shape index (κ1) is 17.9. The minimum Gasteiger partial charge on any atom is -0.326 e. The molecule has 0 bridgehead atoms. The molecule has 0 unspecified atom stereocenters. The molecule has 0 saturated heterocycles. The van der Waals surface area contributed by atoms with Gasteiger partial charge in [0.1, 0.15) is 6.54 Å². The number of carbonyl (C=O) groups excluding carboxylic acids is 2. The number of tetrazole rings is 1. The Labute approximate surface area is 155 Å². The van der Waals surface area contributed by atoms with E-state index in [1.165, 1.54) is 16.1 Å². The normalized spacial score (nSPS) is 11.3. The van der Waals surface area contributed by atoms with Crippen LogP contribution in [0.1, 0.15) is 31.1 Å². The van der Waals surface area contributed by atoms with Crippen molar-refractivity contribution in [2.24, 2.45) is 5.41 Å². The third kappa shape index (κ3) is 4.20. The Morgan fingerprint density at radius 1 is 1.15 bits per heavy atom. The highest BCUT2D eigenvalue weighted by Crippen LogP contribution is 2.20. The topological polar surface area (TPSA) is 89.8 Å². The second-order valence-corrected chi connectivity index (χ2v) is 7.77. The van der Waals surface area contributed by atoms with E-state index in [4.69, 9.17) is 0 Å². The Bertz CT molecular complexity index is 908. The zero-order valence-electron chi connectivity index (χ0n) is 14.8. The van der Waals surface area contributed by atoms with E-state index < -0.39 is 5.41 Å². The van der Waals surface area contributed by atoms with E-state index in [1.54, 1.807) is 24.3 Å². The van der Waals surface area contributed by atoms with Crippen LogP contribution in [0.2, 0.25) is 0 Å². The van der Waals surface area contributed by atoms with Gasteiger partial charge in [0.25, 0.3) is 0 Å². The van der Waals surface area contributed by atoms with Gasteiger partial charge in [-0.2, -0.15) is 4.80 Å². The van der Waals surface area contributed by atoms with Crippen LogP contribution in [0.3, 0.4) is 0 Å². The Morgan fingerprint density at radius 3 is 2.50 bits per heavy atom. The van der Waals surface area contributed by atoms with Crippen LogP contribution in [-0.2, 0) is 11.3 Å². The van der Waals surface area contributed by atoms with Crippen LogP contribution in [0.5, 0.6) is 0 Å². The summed E-state index contributed by atoms with van der Waals surface area (Å²) >= 11 is 1.51. The predicted octanol–water partition coefficient (Wildman–Crippen LogP) is 3.27. The highest BCUT2D eigenvalue weighted by Gasteiger charge is 2.21. The minimum absolute atomic E-state index is 0.00602. The van der Waals surface area contributed by atoms with Crippen molar-refractivity contribution in [3.05, 3.63) is 47.3 Å². The van der Waals surface area contributed by atoms with Crippen molar-refractivity contribution >= 4 is 28.7 Å². The average molecular weight is 369 g/mol. The third-order valence-electron chi connectivity index (χ3n) is 3.63. The van der Waals surface area contributed by atoms with Crippen molar-refractivity contribution in [2.75, 3.05) is 5.32 Å². The van der Waals surface area contributed by atoms with E-state index in [0.717, 1.165) is 4.88 Å². The lowest BCUT2D eigenvalue weighted by Crippen LogP contribution is -2.27. The summed E-state index contributed by atoms with van der Waals surface area (Å²) in [5, 5.41) is 16.9. The molecule has 0 aliphatic heterocycles. The van der Waals surface area contributed by atoms with Gasteiger partial charge in [-0.15, -0.1) is 21.5 Å². The number of nitrogens with zero attached hydrogens (tertiary/aromatic N) is 4. The van der Waals surface area contributed by atoms with Crippen molar-refractivity contribution in [2.45, 2.75) is 27.3 Å². The number of anilines is 1. The molecule has 0 fully saturated rings. The third-order valence-corrected chi connectivity index (χ3v) is 4.49. The standard InChI is InChI=1S/C18H19N5O2S/c1-18(2,3)17(25)19-13-8-6-12(7-9-13)14(24)11-23-21-16(20-22-23)15-5-4-10-26-15/h4-10H,11H2,1-3H3,(H,19,25). The molecule has 1 N–H and O–H groups in total. The first-order valence-electron chi connectivity index (χ1n) is 8.09. The summed E-state index contributed by atoms with van der Waals surface area (Å²) in [4.78, 5) is 26.6. The summed E-state index contributed by atoms with van der Waals surface area (Å²) < 4.78 is 0. The molecule has 0 aliphatic carbocycles. The van der Waals surface area contributed by atoms with Crippen molar-refractivity contribution in [3.8, 4) is 10.7 Å². The summed E-state index contributed by atoms with van der Waals surface area (Å²) in [5.41, 5.74) is 0.696. The smallest absolute Gasteiger partial charge is 0.229 e. The molecule has 134 valence electrons. The number of rotatable bonds is 5. The van der Waals surface area contributed by atoms with Crippen LogP contribution in [0.25, 0.3) is 10.7 Å². The number of thiophene rings is 1. The first-order valence-corrected chi connectivity index (χ1v) is 8.97. The van der Waals surface area contributed by atoms with Crippen LogP contribution in [0.4, 0.5) is 5.69 Å². The van der Waals surface area contributed by atoms with Crippen LogP contribution in [-0.4, -0.2) is 31.9 Å². The highest BCUT2D eigenvalue weighted by atomic mass is 32.1. The highest BCUT2D eigenvalue weighted by molar-refractivity contribution is 7.13. The fourth-order valence-electron chi connectivity index (χ4n) is 2.09.